The van der Waals surface area contributed by atoms with Gasteiger partial charge in [-0.3, -0.25) is 0 Å². The zero-order valence-electron chi connectivity index (χ0n) is 15.3. The van der Waals surface area contributed by atoms with Crippen LogP contribution in [0.4, 0.5) is 0 Å². The van der Waals surface area contributed by atoms with Gasteiger partial charge in [-0.15, -0.1) is 0 Å². The highest BCUT2D eigenvalue weighted by atomic mass is 16.5. The fourth-order valence-electron chi connectivity index (χ4n) is 3.56. The van der Waals surface area contributed by atoms with E-state index >= 15 is 0 Å². The summed E-state index contributed by atoms with van der Waals surface area (Å²) in [6.45, 7) is 7.57. The summed E-state index contributed by atoms with van der Waals surface area (Å²) in [6, 6.07) is 19.0. The summed E-state index contributed by atoms with van der Waals surface area (Å²) in [6.07, 6.45) is 2.42. The van der Waals surface area contributed by atoms with Gasteiger partial charge in [0.25, 0.3) is 0 Å². The van der Waals surface area contributed by atoms with Crippen LogP contribution in [0.25, 0.3) is 0 Å². The standard InChI is InChI=1S/C22H29NO2/c1-18(2)25-21-10-6-7-19(15-21)16-24-17-22(11-13-23-14-12-22)20-8-4-3-5-9-20/h3-10,15,18,23H,11-14,16-17H2,1-2H3. The molecule has 3 heteroatoms. The van der Waals surface area contributed by atoms with Crippen LogP contribution < -0.4 is 10.1 Å². The Bertz CT molecular complexity index is 648. The van der Waals surface area contributed by atoms with Crippen LogP contribution in [0.5, 0.6) is 5.75 Å². The zero-order valence-corrected chi connectivity index (χ0v) is 15.3. The summed E-state index contributed by atoms with van der Waals surface area (Å²) in [5, 5.41) is 3.47. The molecule has 0 aromatic heterocycles. The van der Waals surface area contributed by atoms with E-state index in [1.807, 2.05) is 26.0 Å². The molecule has 1 heterocycles. The monoisotopic (exact) mass is 339 g/mol. The first-order valence-electron chi connectivity index (χ1n) is 9.28. The van der Waals surface area contributed by atoms with E-state index in [9.17, 15) is 0 Å². The van der Waals surface area contributed by atoms with Gasteiger partial charge in [0.1, 0.15) is 5.75 Å². The highest BCUT2D eigenvalue weighted by Crippen LogP contribution is 2.34. The van der Waals surface area contributed by atoms with Crippen molar-refractivity contribution < 1.29 is 9.47 Å². The van der Waals surface area contributed by atoms with Crippen LogP contribution in [0, 0.1) is 0 Å². The second-order valence-corrected chi connectivity index (χ2v) is 7.20. The summed E-state index contributed by atoms with van der Waals surface area (Å²) >= 11 is 0. The first-order valence-corrected chi connectivity index (χ1v) is 9.28. The second-order valence-electron chi connectivity index (χ2n) is 7.20. The molecule has 0 unspecified atom stereocenters. The van der Waals surface area contributed by atoms with E-state index in [0.29, 0.717) is 6.61 Å². The van der Waals surface area contributed by atoms with Crippen molar-refractivity contribution in [3.8, 4) is 5.75 Å². The van der Waals surface area contributed by atoms with Crippen molar-refractivity contribution in [2.24, 2.45) is 0 Å². The number of rotatable bonds is 7. The maximum Gasteiger partial charge on any atom is 0.120 e. The van der Waals surface area contributed by atoms with E-state index in [-0.39, 0.29) is 11.5 Å². The van der Waals surface area contributed by atoms with Gasteiger partial charge in [-0.2, -0.15) is 0 Å². The van der Waals surface area contributed by atoms with Crippen LogP contribution in [-0.2, 0) is 16.8 Å². The molecule has 0 spiro atoms. The van der Waals surface area contributed by atoms with E-state index in [0.717, 1.165) is 43.9 Å². The van der Waals surface area contributed by atoms with Crippen molar-refractivity contribution in [3.05, 3.63) is 65.7 Å². The lowest BCUT2D eigenvalue weighted by atomic mass is 9.74. The molecule has 0 saturated carbocycles. The Balaban J connectivity index is 1.64. The minimum atomic E-state index is 0.124. The molecule has 1 aliphatic rings. The van der Waals surface area contributed by atoms with Crippen LogP contribution in [0.2, 0.25) is 0 Å². The first kappa shape index (κ1) is 18.0. The van der Waals surface area contributed by atoms with E-state index in [4.69, 9.17) is 9.47 Å². The first-order chi connectivity index (χ1) is 12.2. The molecule has 2 aromatic carbocycles. The van der Waals surface area contributed by atoms with Crippen molar-refractivity contribution in [2.75, 3.05) is 19.7 Å². The van der Waals surface area contributed by atoms with Gasteiger partial charge in [0, 0.05) is 5.41 Å². The molecule has 1 N–H and O–H groups in total. The third-order valence-corrected chi connectivity index (χ3v) is 4.86. The number of benzene rings is 2. The van der Waals surface area contributed by atoms with Crippen molar-refractivity contribution in [3.63, 3.8) is 0 Å². The zero-order chi connectivity index (χ0) is 17.5. The molecule has 0 atom stereocenters. The van der Waals surface area contributed by atoms with Gasteiger partial charge in [0.05, 0.1) is 19.3 Å². The van der Waals surface area contributed by atoms with Crippen LogP contribution in [0.1, 0.15) is 37.8 Å². The SMILES string of the molecule is CC(C)Oc1cccc(COCC2(c3ccccc3)CCNCC2)c1. The second kappa shape index (κ2) is 8.50. The molecule has 0 radical (unpaired) electrons. The molecule has 0 aliphatic carbocycles. The molecule has 2 aromatic rings. The molecule has 3 nitrogen and oxygen atoms in total. The van der Waals surface area contributed by atoms with Crippen molar-refractivity contribution in [1.29, 1.82) is 0 Å². The Kier molecular flexibility index (Phi) is 6.11. The summed E-state index contributed by atoms with van der Waals surface area (Å²) < 4.78 is 12.0. The molecule has 1 fully saturated rings. The quantitative estimate of drug-likeness (QED) is 0.815. The lowest BCUT2D eigenvalue weighted by Gasteiger charge is -2.38. The Labute approximate surface area is 151 Å². The summed E-state index contributed by atoms with van der Waals surface area (Å²) in [5.74, 6) is 0.913. The molecular weight excluding hydrogens is 310 g/mol. The molecule has 134 valence electrons. The molecule has 0 bridgehead atoms. The summed E-state index contributed by atoms with van der Waals surface area (Å²) in [5.41, 5.74) is 2.68. The van der Waals surface area contributed by atoms with E-state index in [1.165, 1.54) is 5.56 Å². The summed E-state index contributed by atoms with van der Waals surface area (Å²) in [4.78, 5) is 0. The lowest BCUT2D eigenvalue weighted by Crippen LogP contribution is -2.43. The molecule has 1 saturated heterocycles. The molecule has 0 amide bonds. The minimum Gasteiger partial charge on any atom is -0.491 e. The molecule has 1 aliphatic heterocycles. The van der Waals surface area contributed by atoms with Crippen molar-refractivity contribution in [1.82, 2.24) is 5.32 Å². The van der Waals surface area contributed by atoms with Crippen LogP contribution in [0.15, 0.2) is 54.6 Å². The number of nitrogens with one attached hydrogen (secondary N) is 1. The van der Waals surface area contributed by atoms with Gasteiger partial charge in [-0.25, -0.2) is 0 Å². The van der Waals surface area contributed by atoms with Gasteiger partial charge >= 0.3 is 0 Å². The Morgan fingerprint density at radius 2 is 1.76 bits per heavy atom. The minimum absolute atomic E-state index is 0.124. The average Bonchev–Trinajstić information content (AvgIpc) is 2.63. The number of ether oxygens (including phenoxy) is 2. The molecular formula is C22H29NO2. The van der Waals surface area contributed by atoms with Crippen molar-refractivity contribution in [2.45, 2.75) is 44.8 Å². The van der Waals surface area contributed by atoms with Gasteiger partial charge in [-0.05, 0) is 63.0 Å². The van der Waals surface area contributed by atoms with Gasteiger partial charge < -0.3 is 14.8 Å². The normalized spacial score (nSPS) is 16.8. The fourth-order valence-corrected chi connectivity index (χ4v) is 3.56. The maximum atomic E-state index is 6.19. The van der Waals surface area contributed by atoms with E-state index in [2.05, 4.69) is 47.8 Å². The Morgan fingerprint density at radius 1 is 1.00 bits per heavy atom. The topological polar surface area (TPSA) is 30.5 Å². The third kappa shape index (κ3) is 4.83. The predicted octanol–water partition coefficient (Wildman–Crippen LogP) is 4.31. The molecule has 3 rings (SSSR count). The third-order valence-electron chi connectivity index (χ3n) is 4.86. The predicted molar refractivity (Wildman–Crippen MR) is 102 cm³/mol. The largest absolute Gasteiger partial charge is 0.491 e. The Hall–Kier alpha value is -1.84. The number of piperidine rings is 1. The smallest absolute Gasteiger partial charge is 0.120 e. The van der Waals surface area contributed by atoms with Gasteiger partial charge in [0.15, 0.2) is 0 Å². The fraction of sp³-hybridized carbons (Fsp3) is 0.455. The van der Waals surface area contributed by atoms with Crippen LogP contribution in [0.3, 0.4) is 0 Å². The average molecular weight is 339 g/mol. The maximum absolute atomic E-state index is 6.19. The lowest BCUT2D eigenvalue weighted by molar-refractivity contribution is 0.0564. The van der Waals surface area contributed by atoms with Crippen molar-refractivity contribution >= 4 is 0 Å². The number of hydrogen-bond donors (Lipinski definition) is 1. The Morgan fingerprint density at radius 3 is 2.48 bits per heavy atom. The highest BCUT2D eigenvalue weighted by Gasteiger charge is 2.34. The van der Waals surface area contributed by atoms with Crippen LogP contribution in [-0.4, -0.2) is 25.8 Å². The van der Waals surface area contributed by atoms with Crippen LogP contribution >= 0.6 is 0 Å². The molecule has 25 heavy (non-hydrogen) atoms. The summed E-state index contributed by atoms with van der Waals surface area (Å²) in [7, 11) is 0. The highest BCUT2D eigenvalue weighted by molar-refractivity contribution is 5.29. The van der Waals surface area contributed by atoms with Gasteiger partial charge in [-0.1, -0.05) is 42.5 Å². The number of hydrogen-bond acceptors (Lipinski definition) is 3. The van der Waals surface area contributed by atoms with Gasteiger partial charge in [0.2, 0.25) is 0 Å². The van der Waals surface area contributed by atoms with E-state index in [1.54, 1.807) is 0 Å². The van der Waals surface area contributed by atoms with E-state index < -0.39 is 0 Å².